The fraction of sp³-hybridized carbons (Fsp3) is 0.0526. The lowest BCUT2D eigenvalue weighted by molar-refractivity contribution is 0.0998. The number of aryl methyl sites for hydroxylation is 1. The lowest BCUT2D eigenvalue weighted by Crippen LogP contribution is -2.31. The number of primary amides is 1. The van der Waals surface area contributed by atoms with Gasteiger partial charge in [0.15, 0.2) is 5.65 Å². The first-order chi connectivity index (χ1) is 12.5. The van der Waals surface area contributed by atoms with E-state index < -0.39 is 5.91 Å². The predicted octanol–water partition coefficient (Wildman–Crippen LogP) is 1.53. The van der Waals surface area contributed by atoms with Gasteiger partial charge in [0.1, 0.15) is 11.1 Å². The SMILES string of the molecule is Cc1cccn2c(=O)c3cc(C(N)=O)c(=N)n(-c4ccccc4)c3nc12. The van der Waals surface area contributed by atoms with Crippen LogP contribution < -0.4 is 16.8 Å². The molecular formula is C19H15N5O2. The molecule has 3 N–H and O–H groups in total. The molecule has 0 aliphatic heterocycles. The number of hydrogen-bond donors (Lipinski definition) is 2. The summed E-state index contributed by atoms with van der Waals surface area (Å²) in [4.78, 5) is 29.5. The highest BCUT2D eigenvalue weighted by Crippen LogP contribution is 2.16. The predicted molar refractivity (Wildman–Crippen MR) is 97.4 cm³/mol. The molecular weight excluding hydrogens is 330 g/mol. The lowest BCUT2D eigenvalue weighted by Gasteiger charge is -2.14. The molecule has 3 heterocycles. The average Bonchev–Trinajstić information content (AvgIpc) is 2.63. The van der Waals surface area contributed by atoms with Crippen molar-refractivity contribution in [3.8, 4) is 5.69 Å². The number of fused-ring (bicyclic) bond motifs is 2. The van der Waals surface area contributed by atoms with Crippen molar-refractivity contribution in [3.05, 3.63) is 81.7 Å². The van der Waals surface area contributed by atoms with Crippen LogP contribution in [-0.4, -0.2) is 19.9 Å². The molecule has 0 aliphatic rings. The Bertz CT molecular complexity index is 1300. The summed E-state index contributed by atoms with van der Waals surface area (Å²) in [6.07, 6.45) is 1.63. The van der Waals surface area contributed by atoms with Crippen molar-refractivity contribution in [1.29, 1.82) is 5.41 Å². The van der Waals surface area contributed by atoms with Gasteiger partial charge in [-0.1, -0.05) is 24.3 Å². The summed E-state index contributed by atoms with van der Waals surface area (Å²) >= 11 is 0. The molecule has 0 fully saturated rings. The first-order valence-corrected chi connectivity index (χ1v) is 7.96. The Balaban J connectivity index is 2.31. The number of para-hydroxylation sites is 1. The first-order valence-electron chi connectivity index (χ1n) is 7.96. The number of nitrogens with one attached hydrogen (secondary N) is 1. The van der Waals surface area contributed by atoms with E-state index in [-0.39, 0.29) is 22.0 Å². The van der Waals surface area contributed by atoms with Gasteiger partial charge in [-0.3, -0.25) is 24.0 Å². The molecule has 3 aromatic heterocycles. The Morgan fingerprint density at radius 2 is 1.85 bits per heavy atom. The van der Waals surface area contributed by atoms with E-state index in [1.165, 1.54) is 15.0 Å². The van der Waals surface area contributed by atoms with Gasteiger partial charge in [0.2, 0.25) is 0 Å². The van der Waals surface area contributed by atoms with Gasteiger partial charge in [-0.15, -0.1) is 0 Å². The van der Waals surface area contributed by atoms with Gasteiger partial charge in [-0.2, -0.15) is 0 Å². The number of pyridine rings is 2. The standard InChI is InChI=1S/C19H15N5O2/c1-11-6-5-9-23-17(11)22-18-14(19(23)26)10-13(16(21)25)15(20)24(18)12-7-3-2-4-8-12/h2-10,20H,1H3,(H2,21,25). The molecule has 0 saturated heterocycles. The van der Waals surface area contributed by atoms with Crippen LogP contribution in [0.3, 0.4) is 0 Å². The van der Waals surface area contributed by atoms with E-state index in [2.05, 4.69) is 4.98 Å². The van der Waals surface area contributed by atoms with Gasteiger partial charge in [0.05, 0.1) is 10.9 Å². The van der Waals surface area contributed by atoms with Crippen molar-refractivity contribution >= 4 is 22.6 Å². The number of carbonyl (C=O) groups is 1. The van der Waals surface area contributed by atoms with Gasteiger partial charge in [0, 0.05) is 11.9 Å². The third-order valence-corrected chi connectivity index (χ3v) is 4.32. The minimum absolute atomic E-state index is 0.0344. The second-order valence-corrected chi connectivity index (χ2v) is 5.98. The van der Waals surface area contributed by atoms with Gasteiger partial charge in [-0.05, 0) is 36.8 Å². The number of hydrogen-bond acceptors (Lipinski definition) is 4. The molecule has 4 aromatic rings. The summed E-state index contributed by atoms with van der Waals surface area (Å²) in [6.45, 7) is 1.86. The zero-order chi connectivity index (χ0) is 18.4. The third-order valence-electron chi connectivity index (χ3n) is 4.32. The van der Waals surface area contributed by atoms with Crippen molar-refractivity contribution in [2.75, 3.05) is 0 Å². The molecule has 26 heavy (non-hydrogen) atoms. The van der Waals surface area contributed by atoms with Crippen LogP contribution in [0.4, 0.5) is 0 Å². The summed E-state index contributed by atoms with van der Waals surface area (Å²) in [6, 6.07) is 14.0. The van der Waals surface area contributed by atoms with Crippen LogP contribution in [0.2, 0.25) is 0 Å². The van der Waals surface area contributed by atoms with Crippen molar-refractivity contribution in [2.24, 2.45) is 5.73 Å². The molecule has 4 rings (SSSR count). The topological polar surface area (TPSA) is 106 Å². The van der Waals surface area contributed by atoms with Crippen molar-refractivity contribution in [2.45, 2.75) is 6.92 Å². The zero-order valence-electron chi connectivity index (χ0n) is 13.9. The second kappa shape index (κ2) is 5.66. The summed E-state index contributed by atoms with van der Waals surface area (Å²) < 4.78 is 2.91. The van der Waals surface area contributed by atoms with Gasteiger partial charge < -0.3 is 5.73 Å². The van der Waals surface area contributed by atoms with E-state index in [0.29, 0.717) is 17.0 Å². The molecule has 7 nitrogen and oxygen atoms in total. The van der Waals surface area contributed by atoms with Crippen molar-refractivity contribution in [3.63, 3.8) is 0 Å². The number of aromatic nitrogens is 3. The first kappa shape index (κ1) is 15.8. The molecule has 0 saturated carbocycles. The normalized spacial score (nSPS) is 11.1. The molecule has 1 aromatic carbocycles. The van der Waals surface area contributed by atoms with Crippen LogP contribution in [0.25, 0.3) is 22.4 Å². The highest BCUT2D eigenvalue weighted by Gasteiger charge is 2.17. The molecule has 128 valence electrons. The number of benzene rings is 1. The monoisotopic (exact) mass is 345 g/mol. The average molecular weight is 345 g/mol. The van der Waals surface area contributed by atoms with Gasteiger partial charge in [0.25, 0.3) is 11.5 Å². The van der Waals surface area contributed by atoms with E-state index in [1.54, 1.807) is 24.4 Å². The molecule has 1 amide bonds. The van der Waals surface area contributed by atoms with Crippen molar-refractivity contribution < 1.29 is 4.79 Å². The Morgan fingerprint density at radius 3 is 2.54 bits per heavy atom. The Hall–Kier alpha value is -3.74. The number of carbonyl (C=O) groups excluding carboxylic acids is 1. The van der Waals surface area contributed by atoms with E-state index in [1.807, 2.05) is 31.2 Å². The quantitative estimate of drug-likeness (QED) is 0.538. The Morgan fingerprint density at radius 1 is 1.12 bits per heavy atom. The molecule has 7 heteroatoms. The highest BCUT2D eigenvalue weighted by molar-refractivity contribution is 5.96. The summed E-state index contributed by atoms with van der Waals surface area (Å²) in [5.74, 6) is -0.768. The molecule has 0 unspecified atom stereocenters. The molecule has 0 spiro atoms. The largest absolute Gasteiger partial charge is 0.365 e. The maximum Gasteiger partial charge on any atom is 0.267 e. The van der Waals surface area contributed by atoms with Crippen LogP contribution in [0.15, 0.2) is 59.5 Å². The maximum absolute atomic E-state index is 13.0. The van der Waals surface area contributed by atoms with Crippen LogP contribution in [-0.2, 0) is 0 Å². The zero-order valence-corrected chi connectivity index (χ0v) is 13.9. The van der Waals surface area contributed by atoms with Crippen LogP contribution in [0.5, 0.6) is 0 Å². The van der Waals surface area contributed by atoms with Crippen LogP contribution in [0, 0.1) is 12.3 Å². The minimum Gasteiger partial charge on any atom is -0.365 e. The van der Waals surface area contributed by atoms with Gasteiger partial charge in [-0.25, -0.2) is 4.98 Å². The maximum atomic E-state index is 13.0. The Labute approximate surface area is 147 Å². The fourth-order valence-electron chi connectivity index (χ4n) is 3.05. The van der Waals surface area contributed by atoms with Gasteiger partial charge >= 0.3 is 0 Å². The second-order valence-electron chi connectivity index (χ2n) is 5.98. The van der Waals surface area contributed by atoms with E-state index in [9.17, 15) is 9.59 Å². The van der Waals surface area contributed by atoms with E-state index in [4.69, 9.17) is 11.1 Å². The van der Waals surface area contributed by atoms with Crippen LogP contribution >= 0.6 is 0 Å². The molecule has 0 atom stereocenters. The number of rotatable bonds is 2. The summed E-state index contributed by atoms with van der Waals surface area (Å²) in [5.41, 5.74) is 7.24. The highest BCUT2D eigenvalue weighted by atomic mass is 16.1. The summed E-state index contributed by atoms with van der Waals surface area (Å²) in [7, 11) is 0. The lowest BCUT2D eigenvalue weighted by atomic mass is 10.2. The Kier molecular flexibility index (Phi) is 3.43. The third kappa shape index (κ3) is 2.21. The summed E-state index contributed by atoms with van der Waals surface area (Å²) in [5, 5.41) is 8.67. The van der Waals surface area contributed by atoms with Crippen LogP contribution in [0.1, 0.15) is 15.9 Å². The van der Waals surface area contributed by atoms with E-state index in [0.717, 1.165) is 5.56 Å². The minimum atomic E-state index is -0.768. The fourth-order valence-corrected chi connectivity index (χ4v) is 3.05. The number of amides is 1. The molecule has 0 radical (unpaired) electrons. The van der Waals surface area contributed by atoms with Crippen molar-refractivity contribution in [1.82, 2.24) is 14.0 Å². The molecule has 0 aliphatic carbocycles. The smallest absolute Gasteiger partial charge is 0.267 e. The number of nitrogens with zero attached hydrogens (tertiary/aromatic N) is 3. The molecule has 0 bridgehead atoms. The van der Waals surface area contributed by atoms with E-state index >= 15 is 0 Å². The number of nitrogens with two attached hydrogens (primary N) is 1.